The van der Waals surface area contributed by atoms with Gasteiger partial charge in [0, 0.05) is 6.42 Å². The zero-order chi connectivity index (χ0) is 10.8. The van der Waals surface area contributed by atoms with Gasteiger partial charge < -0.3 is 4.98 Å². The SMILES string of the molecule is CCCCc1nc2[nH]c(=O)[nH]c(=O)c2[nH]1. The minimum Gasteiger partial charge on any atom is -0.336 e. The van der Waals surface area contributed by atoms with Gasteiger partial charge >= 0.3 is 5.69 Å². The molecule has 0 radical (unpaired) electrons. The summed E-state index contributed by atoms with van der Waals surface area (Å²) in [5, 5.41) is 0. The van der Waals surface area contributed by atoms with Crippen LogP contribution in [0.1, 0.15) is 25.6 Å². The topological polar surface area (TPSA) is 94.4 Å². The standard InChI is InChI=1S/C9H12N4O2/c1-2-3-4-5-10-6-7(11-5)12-9(15)13-8(6)14/h2-4H2,1H3,(H3,10,11,12,13,14,15). The van der Waals surface area contributed by atoms with Gasteiger partial charge in [-0.1, -0.05) is 13.3 Å². The van der Waals surface area contributed by atoms with E-state index in [0.717, 1.165) is 25.1 Å². The molecule has 0 saturated carbocycles. The monoisotopic (exact) mass is 208 g/mol. The molecule has 0 aliphatic carbocycles. The van der Waals surface area contributed by atoms with Crippen LogP contribution in [0.2, 0.25) is 0 Å². The quantitative estimate of drug-likeness (QED) is 0.676. The zero-order valence-electron chi connectivity index (χ0n) is 8.39. The van der Waals surface area contributed by atoms with E-state index in [2.05, 4.69) is 26.9 Å². The van der Waals surface area contributed by atoms with E-state index in [1.54, 1.807) is 0 Å². The highest BCUT2D eigenvalue weighted by Gasteiger charge is 2.06. The summed E-state index contributed by atoms with van der Waals surface area (Å²) in [5.41, 5.74) is -0.291. The summed E-state index contributed by atoms with van der Waals surface area (Å²) in [7, 11) is 0. The maximum absolute atomic E-state index is 11.3. The molecule has 0 aromatic carbocycles. The van der Waals surface area contributed by atoms with Gasteiger partial charge in [0.2, 0.25) is 0 Å². The fourth-order valence-electron chi connectivity index (χ4n) is 1.44. The predicted molar refractivity (Wildman–Crippen MR) is 55.9 cm³/mol. The summed E-state index contributed by atoms with van der Waals surface area (Å²) in [5.74, 6) is 0.735. The van der Waals surface area contributed by atoms with Gasteiger partial charge in [-0.3, -0.25) is 14.8 Å². The Balaban J connectivity index is 2.51. The molecule has 0 fully saturated rings. The van der Waals surface area contributed by atoms with Crippen molar-refractivity contribution >= 4 is 11.2 Å². The first-order valence-corrected chi connectivity index (χ1v) is 4.92. The van der Waals surface area contributed by atoms with Crippen LogP contribution in [-0.2, 0) is 6.42 Å². The van der Waals surface area contributed by atoms with Gasteiger partial charge in [-0.25, -0.2) is 9.78 Å². The van der Waals surface area contributed by atoms with Crippen LogP contribution in [0.25, 0.3) is 11.2 Å². The molecule has 0 atom stereocenters. The second kappa shape index (κ2) is 3.72. The van der Waals surface area contributed by atoms with Gasteiger partial charge in [0.1, 0.15) is 11.3 Å². The smallest absolute Gasteiger partial charge is 0.327 e. The molecule has 15 heavy (non-hydrogen) atoms. The number of aromatic amines is 3. The fraction of sp³-hybridized carbons (Fsp3) is 0.444. The third-order valence-electron chi connectivity index (χ3n) is 2.21. The lowest BCUT2D eigenvalue weighted by atomic mass is 10.2. The first-order chi connectivity index (χ1) is 7.20. The average molecular weight is 208 g/mol. The third-order valence-corrected chi connectivity index (χ3v) is 2.21. The van der Waals surface area contributed by atoms with E-state index in [9.17, 15) is 9.59 Å². The van der Waals surface area contributed by atoms with Gasteiger partial charge in [0.25, 0.3) is 5.56 Å². The molecule has 6 nitrogen and oxygen atoms in total. The van der Waals surface area contributed by atoms with Crippen molar-refractivity contribution in [3.63, 3.8) is 0 Å². The number of unbranched alkanes of at least 4 members (excludes halogenated alkanes) is 1. The lowest BCUT2D eigenvalue weighted by Crippen LogP contribution is -2.21. The van der Waals surface area contributed by atoms with Gasteiger partial charge in [-0.05, 0) is 6.42 Å². The molecule has 0 aliphatic rings. The summed E-state index contributed by atoms with van der Waals surface area (Å²) < 4.78 is 0. The molecule has 0 aliphatic heterocycles. The number of rotatable bonds is 3. The number of H-pyrrole nitrogens is 3. The van der Waals surface area contributed by atoms with Crippen LogP contribution < -0.4 is 11.2 Å². The molecular weight excluding hydrogens is 196 g/mol. The molecule has 0 unspecified atom stereocenters. The predicted octanol–water partition coefficient (Wildman–Crippen LogP) is 0.282. The van der Waals surface area contributed by atoms with Crippen LogP contribution in [-0.4, -0.2) is 19.9 Å². The molecule has 0 amide bonds. The summed E-state index contributed by atoms with van der Waals surface area (Å²) in [6.45, 7) is 2.08. The Hall–Kier alpha value is -1.85. The molecule has 2 rings (SSSR count). The highest BCUT2D eigenvalue weighted by molar-refractivity contribution is 5.68. The molecule has 80 valence electrons. The van der Waals surface area contributed by atoms with E-state index < -0.39 is 11.2 Å². The fourth-order valence-corrected chi connectivity index (χ4v) is 1.44. The minimum atomic E-state index is -0.527. The maximum atomic E-state index is 11.3. The maximum Gasteiger partial charge on any atom is 0.327 e. The van der Waals surface area contributed by atoms with Crippen LogP contribution in [0.5, 0.6) is 0 Å². The normalized spacial score (nSPS) is 11.0. The van der Waals surface area contributed by atoms with Crippen LogP contribution in [0.15, 0.2) is 9.59 Å². The van der Waals surface area contributed by atoms with E-state index in [0.29, 0.717) is 11.2 Å². The van der Waals surface area contributed by atoms with Gasteiger partial charge in [0.05, 0.1) is 0 Å². The van der Waals surface area contributed by atoms with Crippen molar-refractivity contribution in [1.29, 1.82) is 0 Å². The first-order valence-electron chi connectivity index (χ1n) is 4.92. The van der Waals surface area contributed by atoms with Crippen LogP contribution in [0.4, 0.5) is 0 Å². The second-order valence-electron chi connectivity index (χ2n) is 3.42. The van der Waals surface area contributed by atoms with E-state index in [1.165, 1.54) is 0 Å². The second-order valence-corrected chi connectivity index (χ2v) is 3.42. The number of fused-ring (bicyclic) bond motifs is 1. The Labute approximate surface area is 84.8 Å². The molecular formula is C9H12N4O2. The van der Waals surface area contributed by atoms with Crippen molar-refractivity contribution in [3.05, 3.63) is 26.7 Å². The van der Waals surface area contributed by atoms with Crippen LogP contribution in [0, 0.1) is 0 Å². The number of imidazole rings is 1. The minimum absolute atomic E-state index is 0.329. The van der Waals surface area contributed by atoms with Crippen molar-refractivity contribution in [3.8, 4) is 0 Å². The number of hydrogen-bond acceptors (Lipinski definition) is 3. The van der Waals surface area contributed by atoms with E-state index in [1.807, 2.05) is 0 Å². The summed E-state index contributed by atoms with van der Waals surface area (Å²) in [6.07, 6.45) is 2.85. The molecule has 0 bridgehead atoms. The van der Waals surface area contributed by atoms with Gasteiger partial charge in [-0.15, -0.1) is 0 Å². The Morgan fingerprint density at radius 2 is 2.00 bits per heavy atom. The van der Waals surface area contributed by atoms with Crippen molar-refractivity contribution in [2.45, 2.75) is 26.2 Å². The van der Waals surface area contributed by atoms with Crippen molar-refractivity contribution in [1.82, 2.24) is 19.9 Å². The van der Waals surface area contributed by atoms with Crippen molar-refractivity contribution in [2.24, 2.45) is 0 Å². The number of hydrogen-bond donors (Lipinski definition) is 3. The Kier molecular flexibility index (Phi) is 2.40. The van der Waals surface area contributed by atoms with E-state index in [-0.39, 0.29) is 0 Å². The van der Waals surface area contributed by atoms with Gasteiger partial charge in [0.15, 0.2) is 5.65 Å². The zero-order valence-corrected chi connectivity index (χ0v) is 8.39. The van der Waals surface area contributed by atoms with Crippen molar-refractivity contribution in [2.75, 3.05) is 0 Å². The molecule has 3 N–H and O–H groups in total. The lowest BCUT2D eigenvalue weighted by Gasteiger charge is -1.90. The lowest BCUT2D eigenvalue weighted by molar-refractivity contribution is 0.764. The number of aryl methyl sites for hydroxylation is 1. The van der Waals surface area contributed by atoms with Crippen molar-refractivity contribution < 1.29 is 0 Å². The first kappa shape index (κ1) is 9.70. The van der Waals surface area contributed by atoms with Crippen LogP contribution >= 0.6 is 0 Å². The molecule has 2 heterocycles. The average Bonchev–Trinajstić information content (AvgIpc) is 2.57. The van der Waals surface area contributed by atoms with E-state index >= 15 is 0 Å². The number of aromatic nitrogens is 4. The Morgan fingerprint density at radius 1 is 1.20 bits per heavy atom. The van der Waals surface area contributed by atoms with E-state index in [4.69, 9.17) is 0 Å². The largest absolute Gasteiger partial charge is 0.336 e. The third kappa shape index (κ3) is 1.83. The molecule has 0 saturated heterocycles. The Morgan fingerprint density at radius 3 is 2.73 bits per heavy atom. The highest BCUT2D eigenvalue weighted by Crippen LogP contribution is 2.04. The highest BCUT2D eigenvalue weighted by atomic mass is 16.2. The molecule has 0 spiro atoms. The number of nitrogens with one attached hydrogen (secondary N) is 3. The molecule has 2 aromatic heterocycles. The van der Waals surface area contributed by atoms with Gasteiger partial charge in [-0.2, -0.15) is 0 Å². The number of nitrogens with zero attached hydrogens (tertiary/aromatic N) is 1. The van der Waals surface area contributed by atoms with Crippen LogP contribution in [0.3, 0.4) is 0 Å². The molecule has 2 aromatic rings. The molecule has 6 heteroatoms. The summed E-state index contributed by atoms with van der Waals surface area (Å²) in [4.78, 5) is 34.0. The summed E-state index contributed by atoms with van der Waals surface area (Å²) in [6, 6.07) is 0. The Bertz CT molecular complexity index is 578. The summed E-state index contributed by atoms with van der Waals surface area (Å²) >= 11 is 0.